The minimum Gasteiger partial charge on any atom is -0.496 e. The average molecular weight is 566 g/mol. The van der Waals surface area contributed by atoms with Crippen molar-refractivity contribution in [2.45, 2.75) is 38.2 Å². The third-order valence-corrected chi connectivity index (χ3v) is 8.80. The molecule has 0 bridgehead atoms. The molecule has 1 aliphatic carbocycles. The molecule has 39 heavy (non-hydrogen) atoms. The standard InChI is InChI=1S/C30H28FNO5S2/c1-4-36-28(33)30(13-14-30)21-10-7-19(8-11-21)22-12-9-20(16-24(22)35-3)27-23(17-26(31)39-27)32-29(34)37-18(2)25-6-5-15-38-25/h5-12,15-18H,4,13-14H2,1-3H3,(H,32,34). The summed E-state index contributed by atoms with van der Waals surface area (Å²) in [7, 11) is 1.58. The van der Waals surface area contributed by atoms with Crippen LogP contribution in [0.15, 0.2) is 66.0 Å². The normalized spacial score (nSPS) is 14.4. The molecule has 1 fully saturated rings. The zero-order chi connectivity index (χ0) is 27.6. The molecule has 1 N–H and O–H groups in total. The largest absolute Gasteiger partial charge is 0.496 e. The molecule has 5 rings (SSSR count). The van der Waals surface area contributed by atoms with Crippen LogP contribution in [0.3, 0.4) is 0 Å². The minimum absolute atomic E-state index is 0.169. The molecule has 0 aliphatic heterocycles. The van der Waals surface area contributed by atoms with E-state index in [-0.39, 0.29) is 5.97 Å². The number of anilines is 1. The summed E-state index contributed by atoms with van der Waals surface area (Å²) in [5, 5.41) is 4.17. The van der Waals surface area contributed by atoms with Gasteiger partial charge in [-0.1, -0.05) is 42.5 Å². The molecule has 0 spiro atoms. The molecule has 1 unspecified atom stereocenters. The van der Waals surface area contributed by atoms with Crippen molar-refractivity contribution in [1.82, 2.24) is 0 Å². The lowest BCUT2D eigenvalue weighted by Crippen LogP contribution is -2.23. The summed E-state index contributed by atoms with van der Waals surface area (Å²) in [4.78, 5) is 26.5. The number of thiophene rings is 2. The Balaban J connectivity index is 1.36. The van der Waals surface area contributed by atoms with Crippen molar-refractivity contribution in [3.05, 3.63) is 81.6 Å². The number of carbonyl (C=O) groups excluding carboxylic acids is 2. The van der Waals surface area contributed by atoms with Crippen molar-refractivity contribution in [1.29, 1.82) is 0 Å². The number of nitrogens with one attached hydrogen (secondary N) is 1. The second kappa shape index (κ2) is 11.2. The van der Waals surface area contributed by atoms with Crippen LogP contribution in [0.2, 0.25) is 0 Å². The smallest absolute Gasteiger partial charge is 0.412 e. The SMILES string of the molecule is CCOC(=O)C1(c2ccc(-c3ccc(-c4sc(F)cc4NC(=O)OC(C)c4cccs4)cc3OC)cc2)CC1. The molecule has 0 saturated heterocycles. The molecule has 1 amide bonds. The first-order chi connectivity index (χ1) is 18.8. The minimum atomic E-state index is -0.658. The third-order valence-electron chi connectivity index (χ3n) is 6.79. The van der Waals surface area contributed by atoms with E-state index < -0.39 is 22.7 Å². The highest BCUT2D eigenvalue weighted by Crippen LogP contribution is 2.50. The van der Waals surface area contributed by atoms with Gasteiger partial charge in [0.2, 0.25) is 0 Å². The van der Waals surface area contributed by atoms with Gasteiger partial charge in [0, 0.05) is 16.5 Å². The van der Waals surface area contributed by atoms with Crippen LogP contribution in [-0.4, -0.2) is 25.8 Å². The molecule has 0 radical (unpaired) electrons. The number of esters is 1. The van der Waals surface area contributed by atoms with Crippen LogP contribution in [0, 0.1) is 5.13 Å². The number of hydrogen-bond acceptors (Lipinski definition) is 7. The van der Waals surface area contributed by atoms with Crippen LogP contribution in [0.1, 0.15) is 43.2 Å². The number of amides is 1. The molecule has 1 saturated carbocycles. The van der Waals surface area contributed by atoms with E-state index in [2.05, 4.69) is 5.32 Å². The Morgan fingerprint density at radius 3 is 2.46 bits per heavy atom. The first-order valence-corrected chi connectivity index (χ1v) is 14.3. The van der Waals surface area contributed by atoms with Gasteiger partial charge in [-0.15, -0.1) is 22.7 Å². The van der Waals surface area contributed by atoms with E-state index in [0.29, 0.717) is 28.5 Å². The topological polar surface area (TPSA) is 73.9 Å². The van der Waals surface area contributed by atoms with Gasteiger partial charge in [-0.3, -0.25) is 10.1 Å². The Morgan fingerprint density at radius 1 is 1.08 bits per heavy atom. The molecule has 202 valence electrons. The number of hydrogen-bond donors (Lipinski definition) is 1. The Kier molecular flexibility index (Phi) is 7.72. The predicted octanol–water partition coefficient (Wildman–Crippen LogP) is 8.20. The van der Waals surface area contributed by atoms with Crippen LogP contribution in [-0.2, 0) is 19.7 Å². The van der Waals surface area contributed by atoms with Gasteiger partial charge in [0.15, 0.2) is 5.13 Å². The Hall–Kier alpha value is -3.69. The molecule has 9 heteroatoms. The van der Waals surface area contributed by atoms with Crippen molar-refractivity contribution in [3.63, 3.8) is 0 Å². The molecule has 4 aromatic rings. The zero-order valence-corrected chi connectivity index (χ0v) is 23.4. The van der Waals surface area contributed by atoms with Crippen LogP contribution in [0.25, 0.3) is 21.6 Å². The van der Waals surface area contributed by atoms with Crippen molar-refractivity contribution in [3.8, 4) is 27.3 Å². The van der Waals surface area contributed by atoms with E-state index in [1.54, 1.807) is 14.0 Å². The van der Waals surface area contributed by atoms with Gasteiger partial charge >= 0.3 is 12.1 Å². The van der Waals surface area contributed by atoms with Gasteiger partial charge < -0.3 is 14.2 Å². The third kappa shape index (κ3) is 5.55. The summed E-state index contributed by atoms with van der Waals surface area (Å²) in [6, 6.07) is 18.5. The van der Waals surface area contributed by atoms with Crippen LogP contribution in [0.5, 0.6) is 5.75 Å². The lowest BCUT2D eigenvalue weighted by Gasteiger charge is -2.16. The van der Waals surface area contributed by atoms with E-state index >= 15 is 0 Å². The van der Waals surface area contributed by atoms with E-state index in [0.717, 1.165) is 45.7 Å². The number of halogens is 1. The number of methoxy groups -OCH3 is 1. The fourth-order valence-electron chi connectivity index (χ4n) is 4.59. The summed E-state index contributed by atoms with van der Waals surface area (Å²) in [5.74, 6) is 0.428. The molecule has 1 aliphatic rings. The number of carbonyl (C=O) groups is 2. The Bertz CT molecular complexity index is 1480. The van der Waals surface area contributed by atoms with E-state index in [4.69, 9.17) is 14.2 Å². The highest BCUT2D eigenvalue weighted by molar-refractivity contribution is 7.14. The van der Waals surface area contributed by atoms with E-state index in [9.17, 15) is 14.0 Å². The molecular weight excluding hydrogens is 537 g/mol. The maximum Gasteiger partial charge on any atom is 0.412 e. The Labute approximate surface area is 234 Å². The van der Waals surface area contributed by atoms with Crippen molar-refractivity contribution in [2.75, 3.05) is 19.0 Å². The van der Waals surface area contributed by atoms with Gasteiger partial charge in [0.25, 0.3) is 0 Å². The zero-order valence-electron chi connectivity index (χ0n) is 21.8. The highest BCUT2D eigenvalue weighted by atomic mass is 32.1. The number of benzene rings is 2. The molecule has 1 atom stereocenters. The molecule has 2 aromatic carbocycles. The second-order valence-electron chi connectivity index (χ2n) is 9.28. The maximum atomic E-state index is 14.3. The fourth-order valence-corrected chi connectivity index (χ4v) is 6.14. The van der Waals surface area contributed by atoms with Crippen LogP contribution >= 0.6 is 22.7 Å². The quantitative estimate of drug-likeness (QED) is 0.207. The lowest BCUT2D eigenvalue weighted by atomic mass is 9.93. The van der Waals surface area contributed by atoms with Gasteiger partial charge in [-0.25, -0.2) is 4.79 Å². The average Bonchev–Trinajstić information content (AvgIpc) is 3.39. The first-order valence-electron chi connectivity index (χ1n) is 12.6. The van der Waals surface area contributed by atoms with E-state index in [1.165, 1.54) is 17.4 Å². The molecular formula is C30H28FNO5S2. The second-order valence-corrected chi connectivity index (χ2v) is 11.3. The van der Waals surface area contributed by atoms with Crippen molar-refractivity contribution in [2.24, 2.45) is 0 Å². The van der Waals surface area contributed by atoms with Gasteiger partial charge in [0.05, 0.1) is 29.7 Å². The molecule has 2 aromatic heterocycles. The summed E-state index contributed by atoms with van der Waals surface area (Å²) in [5.41, 5.74) is 3.21. The van der Waals surface area contributed by atoms with Gasteiger partial charge in [-0.05, 0) is 60.9 Å². The summed E-state index contributed by atoms with van der Waals surface area (Å²) < 4.78 is 30.8. The van der Waals surface area contributed by atoms with Crippen molar-refractivity contribution < 1.29 is 28.2 Å². The fraction of sp³-hybridized carbons (Fsp3) is 0.267. The molecule has 2 heterocycles. The number of rotatable bonds is 9. The summed E-state index contributed by atoms with van der Waals surface area (Å²) >= 11 is 2.43. The predicted molar refractivity (Wildman–Crippen MR) is 152 cm³/mol. The highest BCUT2D eigenvalue weighted by Gasteiger charge is 2.52. The maximum absolute atomic E-state index is 14.3. The van der Waals surface area contributed by atoms with Crippen molar-refractivity contribution >= 4 is 40.4 Å². The van der Waals surface area contributed by atoms with Gasteiger partial charge in [0.1, 0.15) is 11.9 Å². The summed E-state index contributed by atoms with van der Waals surface area (Å²) in [6.45, 7) is 3.97. The Morgan fingerprint density at radius 2 is 1.82 bits per heavy atom. The monoisotopic (exact) mass is 565 g/mol. The van der Waals surface area contributed by atoms with Crippen LogP contribution < -0.4 is 10.1 Å². The number of ether oxygens (including phenoxy) is 3. The molecule has 6 nitrogen and oxygen atoms in total. The van der Waals surface area contributed by atoms with E-state index in [1.807, 2.05) is 66.9 Å². The lowest BCUT2D eigenvalue weighted by molar-refractivity contribution is -0.146. The summed E-state index contributed by atoms with van der Waals surface area (Å²) in [6.07, 6.45) is 0.499. The van der Waals surface area contributed by atoms with Gasteiger partial charge in [-0.2, -0.15) is 4.39 Å². The first kappa shape index (κ1) is 26.9. The van der Waals surface area contributed by atoms with Crippen LogP contribution in [0.4, 0.5) is 14.9 Å².